The van der Waals surface area contributed by atoms with Gasteiger partial charge >= 0.3 is 0 Å². The molecular weight excluding hydrogens is 428 g/mol. The molecule has 5 heteroatoms. The van der Waals surface area contributed by atoms with E-state index in [9.17, 15) is 8.78 Å². The summed E-state index contributed by atoms with van der Waals surface area (Å²) in [5, 5.41) is 0. The van der Waals surface area contributed by atoms with Gasteiger partial charge < -0.3 is 4.74 Å². The molecule has 2 aromatic carbocycles. The minimum atomic E-state index is -0.987. The molecule has 2 aliphatic rings. The maximum absolute atomic E-state index is 15.0. The highest BCUT2D eigenvalue weighted by molar-refractivity contribution is 5.66. The highest BCUT2D eigenvalue weighted by atomic mass is 19.1. The molecule has 2 fully saturated rings. The molecule has 2 aromatic rings. The summed E-state index contributed by atoms with van der Waals surface area (Å²) in [6.07, 6.45) is 12.0. The summed E-state index contributed by atoms with van der Waals surface area (Å²) in [4.78, 5) is 0. The maximum atomic E-state index is 15.0. The van der Waals surface area contributed by atoms with Crippen molar-refractivity contribution < 1.29 is 22.3 Å². The fraction of sp³-hybridized carbons (Fsp3) is 0.571. The first kappa shape index (κ1) is 24.1. The Morgan fingerprint density at radius 1 is 0.788 bits per heavy atom. The summed E-state index contributed by atoms with van der Waals surface area (Å²) < 4.78 is 62.9. The number of hydrogen-bond donors (Lipinski definition) is 0. The third-order valence-electron chi connectivity index (χ3n) is 7.96. The summed E-state index contributed by atoms with van der Waals surface area (Å²) in [5.74, 6) is -1.76. The molecular formula is C28H34F4O. The van der Waals surface area contributed by atoms with Crippen LogP contribution < -0.4 is 4.74 Å². The molecule has 0 saturated heterocycles. The molecule has 0 aliphatic heterocycles. The molecule has 1 unspecified atom stereocenters. The zero-order valence-corrected chi connectivity index (χ0v) is 19.6. The van der Waals surface area contributed by atoms with E-state index in [4.69, 9.17) is 0 Å². The van der Waals surface area contributed by atoms with Gasteiger partial charge in [-0.15, -0.1) is 0 Å². The van der Waals surface area contributed by atoms with Gasteiger partial charge in [-0.25, -0.2) is 17.6 Å². The molecule has 0 radical (unpaired) electrons. The minimum Gasteiger partial charge on any atom is -0.491 e. The van der Waals surface area contributed by atoms with Crippen LogP contribution in [0.25, 0.3) is 11.1 Å². The largest absolute Gasteiger partial charge is 0.491 e. The van der Waals surface area contributed by atoms with Gasteiger partial charge in [0.25, 0.3) is 0 Å². The third-order valence-corrected chi connectivity index (χ3v) is 7.96. The van der Waals surface area contributed by atoms with Crippen molar-refractivity contribution in [3.63, 3.8) is 0 Å². The van der Waals surface area contributed by atoms with Crippen molar-refractivity contribution >= 4 is 0 Å². The van der Waals surface area contributed by atoms with Crippen molar-refractivity contribution in [3.05, 3.63) is 53.1 Å². The van der Waals surface area contributed by atoms with Crippen molar-refractivity contribution in [3.8, 4) is 16.9 Å². The van der Waals surface area contributed by atoms with E-state index < -0.39 is 34.6 Å². The lowest BCUT2D eigenvalue weighted by Crippen LogP contribution is -2.30. The molecule has 2 saturated carbocycles. The lowest BCUT2D eigenvalue weighted by molar-refractivity contribution is 0.113. The topological polar surface area (TPSA) is 9.23 Å². The van der Waals surface area contributed by atoms with Crippen LogP contribution in [-0.4, -0.2) is 7.11 Å². The van der Waals surface area contributed by atoms with Crippen LogP contribution in [0, 0.1) is 41.0 Å². The lowest BCUT2D eigenvalue weighted by atomic mass is 9.63. The average molecular weight is 463 g/mol. The van der Waals surface area contributed by atoms with Crippen molar-refractivity contribution in [2.24, 2.45) is 17.8 Å². The molecule has 4 atom stereocenters. The van der Waals surface area contributed by atoms with Gasteiger partial charge in [0.1, 0.15) is 11.6 Å². The number of halogens is 4. The van der Waals surface area contributed by atoms with E-state index >= 15 is 8.78 Å². The Labute approximate surface area is 194 Å². The van der Waals surface area contributed by atoms with Crippen molar-refractivity contribution in [1.29, 1.82) is 0 Å². The first-order chi connectivity index (χ1) is 15.9. The first-order valence-corrected chi connectivity index (χ1v) is 12.4. The summed E-state index contributed by atoms with van der Waals surface area (Å²) in [6, 6.07) is 4.54. The van der Waals surface area contributed by atoms with Gasteiger partial charge in [0.2, 0.25) is 0 Å². The second kappa shape index (κ2) is 10.5. The van der Waals surface area contributed by atoms with Crippen LogP contribution in [0.15, 0.2) is 24.3 Å². The van der Waals surface area contributed by atoms with Gasteiger partial charge in [-0.3, -0.25) is 0 Å². The van der Waals surface area contributed by atoms with Gasteiger partial charge in [-0.2, -0.15) is 0 Å². The highest BCUT2D eigenvalue weighted by Gasteiger charge is 2.36. The number of benzene rings is 2. The van der Waals surface area contributed by atoms with E-state index in [0.717, 1.165) is 50.3 Å². The van der Waals surface area contributed by atoms with Crippen LogP contribution in [0.5, 0.6) is 5.75 Å². The van der Waals surface area contributed by atoms with Gasteiger partial charge in [-0.1, -0.05) is 39.0 Å². The SMILES string of the molecule is CCCCCC1CC[C@@H]2C[C@H](c3cc(F)c(-c4cc(F)c(OC)c(F)c4)c(F)c3)CC[C@@H]2C1. The van der Waals surface area contributed by atoms with E-state index in [1.54, 1.807) is 0 Å². The molecule has 4 rings (SSSR count). The molecule has 0 aromatic heterocycles. The fourth-order valence-electron chi connectivity index (χ4n) is 6.24. The van der Waals surface area contributed by atoms with Gasteiger partial charge in [0, 0.05) is 0 Å². The Hall–Kier alpha value is -2.04. The number of ether oxygens (including phenoxy) is 1. The smallest absolute Gasteiger partial charge is 0.190 e. The predicted octanol–water partition coefficient (Wildman–Crippen LogP) is 8.80. The number of hydrogen-bond acceptors (Lipinski definition) is 1. The highest BCUT2D eigenvalue weighted by Crippen LogP contribution is 2.49. The minimum absolute atomic E-state index is 0.130. The lowest BCUT2D eigenvalue weighted by Gasteiger charge is -2.42. The van der Waals surface area contributed by atoms with Crippen LogP contribution in [0.4, 0.5) is 17.6 Å². The number of unbranched alkanes of at least 4 members (excludes halogenated alkanes) is 2. The van der Waals surface area contributed by atoms with Crippen molar-refractivity contribution in [1.82, 2.24) is 0 Å². The zero-order chi connectivity index (χ0) is 23.5. The third kappa shape index (κ3) is 5.22. The van der Waals surface area contributed by atoms with Gasteiger partial charge in [0.15, 0.2) is 17.4 Å². The summed E-state index contributed by atoms with van der Waals surface area (Å²) in [7, 11) is 1.14. The number of methoxy groups -OCH3 is 1. The van der Waals surface area contributed by atoms with Crippen LogP contribution in [-0.2, 0) is 0 Å². The van der Waals surface area contributed by atoms with Gasteiger partial charge in [0.05, 0.1) is 12.7 Å². The molecule has 1 nitrogen and oxygen atoms in total. The first-order valence-electron chi connectivity index (χ1n) is 12.4. The molecule has 0 spiro atoms. The Kier molecular flexibility index (Phi) is 7.65. The number of rotatable bonds is 7. The van der Waals surface area contributed by atoms with E-state index in [-0.39, 0.29) is 11.5 Å². The zero-order valence-electron chi connectivity index (χ0n) is 19.6. The van der Waals surface area contributed by atoms with E-state index in [1.165, 1.54) is 57.1 Å². The Balaban J connectivity index is 1.47. The molecule has 0 heterocycles. The van der Waals surface area contributed by atoms with E-state index in [2.05, 4.69) is 11.7 Å². The Morgan fingerprint density at radius 2 is 1.42 bits per heavy atom. The van der Waals surface area contributed by atoms with Crippen molar-refractivity contribution in [2.45, 2.75) is 77.0 Å². The van der Waals surface area contributed by atoms with Crippen LogP contribution in [0.1, 0.15) is 82.6 Å². The van der Waals surface area contributed by atoms with Crippen LogP contribution in [0.2, 0.25) is 0 Å². The normalized spacial score (nSPS) is 25.0. The standard InChI is InChI=1S/C28H34F4O/c1-3-4-5-6-17-7-8-19-12-20(10-9-18(19)11-17)21-13-23(29)27(24(30)14-21)22-15-25(31)28(33-2)26(32)16-22/h13-20H,3-12H2,1-2H3/t17?,18-,19-,20-/m1/s1. The predicted molar refractivity (Wildman–Crippen MR) is 123 cm³/mol. The Morgan fingerprint density at radius 3 is 2.06 bits per heavy atom. The monoisotopic (exact) mass is 462 g/mol. The quantitative estimate of drug-likeness (QED) is 0.295. The van der Waals surface area contributed by atoms with Crippen LogP contribution in [0.3, 0.4) is 0 Å². The molecule has 33 heavy (non-hydrogen) atoms. The average Bonchev–Trinajstić information content (AvgIpc) is 2.78. The maximum Gasteiger partial charge on any atom is 0.190 e. The second-order valence-corrected chi connectivity index (χ2v) is 10.0. The summed E-state index contributed by atoms with van der Waals surface area (Å²) in [6.45, 7) is 2.24. The molecule has 0 N–H and O–H groups in total. The summed E-state index contributed by atoms with van der Waals surface area (Å²) >= 11 is 0. The van der Waals surface area contributed by atoms with Gasteiger partial charge in [-0.05, 0) is 91.2 Å². The number of fused-ring (bicyclic) bond motifs is 1. The Bertz CT molecular complexity index is 926. The van der Waals surface area contributed by atoms with Crippen LogP contribution >= 0.6 is 0 Å². The fourth-order valence-corrected chi connectivity index (χ4v) is 6.24. The molecule has 0 amide bonds. The van der Waals surface area contributed by atoms with Crippen molar-refractivity contribution in [2.75, 3.05) is 7.11 Å². The summed E-state index contributed by atoms with van der Waals surface area (Å²) in [5.41, 5.74) is 0.0876. The molecule has 2 aliphatic carbocycles. The second-order valence-electron chi connectivity index (χ2n) is 10.0. The van der Waals surface area contributed by atoms with E-state index in [0.29, 0.717) is 11.5 Å². The molecule has 0 bridgehead atoms. The molecule has 180 valence electrons. The van der Waals surface area contributed by atoms with E-state index in [1.807, 2.05) is 0 Å².